The van der Waals surface area contributed by atoms with Crippen molar-refractivity contribution in [3.8, 4) is 0 Å². The lowest BCUT2D eigenvalue weighted by Gasteiger charge is -2.04. The normalized spacial score (nSPS) is 10.3. The van der Waals surface area contributed by atoms with Gasteiger partial charge in [-0.3, -0.25) is 4.79 Å². The summed E-state index contributed by atoms with van der Waals surface area (Å²) in [7, 11) is 0. The second-order valence-electron chi connectivity index (χ2n) is 3.62. The van der Waals surface area contributed by atoms with E-state index in [0.29, 0.717) is 11.4 Å². The Morgan fingerprint density at radius 3 is 2.72 bits per heavy atom. The molecule has 94 valence electrons. The van der Waals surface area contributed by atoms with Crippen LogP contribution in [0.2, 0.25) is 0 Å². The van der Waals surface area contributed by atoms with E-state index in [1.54, 1.807) is 12.1 Å². The van der Waals surface area contributed by atoms with Crippen molar-refractivity contribution in [1.29, 1.82) is 0 Å². The highest BCUT2D eigenvalue weighted by Gasteiger charge is 2.06. The quantitative estimate of drug-likeness (QED) is 0.888. The van der Waals surface area contributed by atoms with E-state index in [-0.39, 0.29) is 19.1 Å². The van der Waals surface area contributed by atoms with Gasteiger partial charge in [-0.15, -0.1) is 5.10 Å². The number of amides is 1. The summed E-state index contributed by atoms with van der Waals surface area (Å²) < 4.78 is 2.32. The van der Waals surface area contributed by atoms with Crippen molar-refractivity contribution in [2.24, 2.45) is 0 Å². The van der Waals surface area contributed by atoms with Crippen LogP contribution in [-0.4, -0.2) is 26.0 Å². The molecule has 2 aromatic rings. The van der Waals surface area contributed by atoms with Crippen molar-refractivity contribution in [2.45, 2.75) is 13.2 Å². The zero-order chi connectivity index (χ0) is 13.0. The Kier molecular flexibility index (Phi) is 4.06. The first kappa shape index (κ1) is 12.7. The van der Waals surface area contributed by atoms with E-state index in [0.717, 1.165) is 4.47 Å². The number of hydrogen-bond acceptors (Lipinski definition) is 4. The molecule has 6 nitrogen and oxygen atoms in total. The Balaban J connectivity index is 1.94. The first-order valence-electron chi connectivity index (χ1n) is 5.22. The number of nitrogens with zero attached hydrogens (tertiary/aromatic N) is 3. The lowest BCUT2D eigenvalue weighted by Crippen LogP contribution is -2.19. The van der Waals surface area contributed by atoms with Crippen LogP contribution in [0.1, 0.15) is 5.69 Å². The molecule has 0 aliphatic carbocycles. The van der Waals surface area contributed by atoms with Crippen molar-refractivity contribution >= 4 is 27.5 Å². The Morgan fingerprint density at radius 2 is 2.11 bits per heavy atom. The predicted molar refractivity (Wildman–Crippen MR) is 68.7 cm³/mol. The number of hydrogen-bond donors (Lipinski definition) is 2. The first-order chi connectivity index (χ1) is 8.67. The van der Waals surface area contributed by atoms with Gasteiger partial charge in [-0.1, -0.05) is 21.1 Å². The molecule has 1 aromatic heterocycles. The SMILES string of the molecule is O=C(Cn1cc(CO)nn1)Nc1ccc(Br)cc1. The van der Waals surface area contributed by atoms with Gasteiger partial charge >= 0.3 is 0 Å². The van der Waals surface area contributed by atoms with E-state index in [1.807, 2.05) is 12.1 Å². The maximum absolute atomic E-state index is 11.7. The van der Waals surface area contributed by atoms with Gasteiger partial charge in [0.1, 0.15) is 12.2 Å². The van der Waals surface area contributed by atoms with E-state index in [4.69, 9.17) is 5.11 Å². The van der Waals surface area contributed by atoms with E-state index in [2.05, 4.69) is 31.6 Å². The molecule has 0 bridgehead atoms. The number of aliphatic hydroxyl groups is 1. The van der Waals surface area contributed by atoms with Crippen LogP contribution in [-0.2, 0) is 17.9 Å². The highest BCUT2D eigenvalue weighted by Crippen LogP contribution is 2.13. The number of anilines is 1. The summed E-state index contributed by atoms with van der Waals surface area (Å²) >= 11 is 3.32. The molecular weight excluding hydrogens is 300 g/mol. The van der Waals surface area contributed by atoms with Crippen molar-refractivity contribution < 1.29 is 9.90 Å². The van der Waals surface area contributed by atoms with Gasteiger partial charge in [0, 0.05) is 10.2 Å². The fourth-order valence-corrected chi connectivity index (χ4v) is 1.63. The summed E-state index contributed by atoms with van der Waals surface area (Å²) in [5, 5.41) is 19.0. The van der Waals surface area contributed by atoms with Crippen LogP contribution >= 0.6 is 15.9 Å². The standard InChI is InChI=1S/C11H11BrN4O2/c12-8-1-3-9(4-2-8)13-11(18)6-16-5-10(7-17)14-15-16/h1-5,17H,6-7H2,(H,13,18). The topological polar surface area (TPSA) is 80.0 Å². The molecule has 7 heteroatoms. The molecule has 0 unspecified atom stereocenters. The summed E-state index contributed by atoms with van der Waals surface area (Å²) in [5.41, 5.74) is 1.15. The number of carbonyl (C=O) groups excluding carboxylic acids is 1. The molecule has 0 saturated carbocycles. The van der Waals surface area contributed by atoms with Gasteiger partial charge < -0.3 is 10.4 Å². The van der Waals surface area contributed by atoms with Gasteiger partial charge in [-0.05, 0) is 24.3 Å². The Hall–Kier alpha value is -1.73. The Bertz CT molecular complexity index is 538. The van der Waals surface area contributed by atoms with Crippen molar-refractivity contribution in [1.82, 2.24) is 15.0 Å². The molecule has 1 aromatic carbocycles. The fraction of sp³-hybridized carbons (Fsp3) is 0.182. The van der Waals surface area contributed by atoms with Crippen LogP contribution in [0, 0.1) is 0 Å². The molecule has 0 fully saturated rings. The maximum atomic E-state index is 11.7. The van der Waals surface area contributed by atoms with Crippen LogP contribution in [0.3, 0.4) is 0 Å². The molecular formula is C11H11BrN4O2. The third-order valence-corrected chi connectivity index (χ3v) is 2.71. The maximum Gasteiger partial charge on any atom is 0.246 e. The van der Waals surface area contributed by atoms with Crippen LogP contribution in [0.15, 0.2) is 34.9 Å². The Morgan fingerprint density at radius 1 is 1.39 bits per heavy atom. The summed E-state index contributed by atoms with van der Waals surface area (Å²) in [5.74, 6) is -0.202. The lowest BCUT2D eigenvalue weighted by atomic mass is 10.3. The van der Waals surface area contributed by atoms with Crippen LogP contribution < -0.4 is 5.32 Å². The van der Waals surface area contributed by atoms with E-state index in [1.165, 1.54) is 10.9 Å². The van der Waals surface area contributed by atoms with Gasteiger partial charge in [-0.25, -0.2) is 4.68 Å². The third kappa shape index (κ3) is 3.38. The number of carbonyl (C=O) groups is 1. The molecule has 0 atom stereocenters. The summed E-state index contributed by atoms with van der Waals surface area (Å²) in [4.78, 5) is 11.7. The van der Waals surface area contributed by atoms with E-state index in [9.17, 15) is 4.79 Å². The van der Waals surface area contributed by atoms with Crippen molar-refractivity contribution in [3.05, 3.63) is 40.6 Å². The highest BCUT2D eigenvalue weighted by molar-refractivity contribution is 9.10. The van der Waals surface area contributed by atoms with Gasteiger partial charge in [-0.2, -0.15) is 0 Å². The third-order valence-electron chi connectivity index (χ3n) is 2.18. The minimum Gasteiger partial charge on any atom is -0.390 e. The number of benzene rings is 1. The van der Waals surface area contributed by atoms with Crippen LogP contribution in [0.4, 0.5) is 5.69 Å². The minimum absolute atomic E-state index is 0.0586. The van der Waals surface area contributed by atoms with Gasteiger partial charge in [0.15, 0.2) is 0 Å². The summed E-state index contributed by atoms with van der Waals surface area (Å²) in [6.45, 7) is -0.128. The van der Waals surface area contributed by atoms with Crippen LogP contribution in [0.25, 0.3) is 0 Å². The van der Waals surface area contributed by atoms with Crippen molar-refractivity contribution in [3.63, 3.8) is 0 Å². The van der Waals surface area contributed by atoms with Crippen LogP contribution in [0.5, 0.6) is 0 Å². The number of aliphatic hydroxyl groups excluding tert-OH is 1. The summed E-state index contributed by atoms with van der Waals surface area (Å²) in [6, 6.07) is 7.27. The molecule has 1 amide bonds. The molecule has 1 heterocycles. The number of halogens is 1. The molecule has 0 radical (unpaired) electrons. The molecule has 18 heavy (non-hydrogen) atoms. The Labute approximate surface area is 112 Å². The minimum atomic E-state index is -0.202. The first-order valence-corrected chi connectivity index (χ1v) is 6.02. The molecule has 0 spiro atoms. The predicted octanol–water partition coefficient (Wildman–Crippen LogP) is 1.17. The molecule has 0 aliphatic rings. The lowest BCUT2D eigenvalue weighted by molar-refractivity contribution is -0.116. The van der Waals surface area contributed by atoms with Crippen molar-refractivity contribution in [2.75, 3.05) is 5.32 Å². The largest absolute Gasteiger partial charge is 0.390 e. The van der Waals surface area contributed by atoms with Gasteiger partial charge in [0.05, 0.1) is 12.8 Å². The highest BCUT2D eigenvalue weighted by atomic mass is 79.9. The number of nitrogens with one attached hydrogen (secondary N) is 1. The average Bonchev–Trinajstić information content (AvgIpc) is 2.79. The number of rotatable bonds is 4. The second-order valence-corrected chi connectivity index (χ2v) is 4.54. The molecule has 0 saturated heterocycles. The van der Waals surface area contributed by atoms with E-state index < -0.39 is 0 Å². The molecule has 0 aliphatic heterocycles. The fourth-order valence-electron chi connectivity index (χ4n) is 1.37. The molecule has 2 rings (SSSR count). The zero-order valence-corrected chi connectivity index (χ0v) is 11.0. The van der Waals surface area contributed by atoms with Gasteiger partial charge in [0.2, 0.25) is 5.91 Å². The summed E-state index contributed by atoms with van der Waals surface area (Å²) in [6.07, 6.45) is 1.53. The average molecular weight is 311 g/mol. The monoisotopic (exact) mass is 310 g/mol. The van der Waals surface area contributed by atoms with Gasteiger partial charge in [0.25, 0.3) is 0 Å². The molecule has 2 N–H and O–H groups in total. The zero-order valence-electron chi connectivity index (χ0n) is 9.38. The second kappa shape index (κ2) is 5.74. The smallest absolute Gasteiger partial charge is 0.246 e. The van der Waals surface area contributed by atoms with E-state index >= 15 is 0 Å². The number of aromatic nitrogens is 3.